The Morgan fingerprint density at radius 3 is 2.31 bits per heavy atom. The van der Waals surface area contributed by atoms with Crippen LogP contribution in [0.4, 0.5) is 4.39 Å². The number of hydrogen-bond donors (Lipinski definition) is 0. The molecule has 0 aromatic heterocycles. The maximum absolute atomic E-state index is 14.2. The molecule has 7 rings (SSSR count). The molecule has 2 saturated carbocycles. The highest BCUT2D eigenvalue weighted by molar-refractivity contribution is 7.89. The van der Waals surface area contributed by atoms with Crippen LogP contribution in [0, 0.1) is 24.6 Å². The van der Waals surface area contributed by atoms with Crippen LogP contribution in [0.15, 0.2) is 100 Å². The summed E-state index contributed by atoms with van der Waals surface area (Å²) >= 11 is 0. The second-order valence-electron chi connectivity index (χ2n) is 11.8. The summed E-state index contributed by atoms with van der Waals surface area (Å²) in [5, 5.41) is 0. The molecule has 0 spiro atoms. The van der Waals surface area contributed by atoms with Gasteiger partial charge in [-0.1, -0.05) is 79.1 Å². The van der Waals surface area contributed by atoms with E-state index in [1.807, 2.05) is 35.5 Å². The first kappa shape index (κ1) is 25.0. The van der Waals surface area contributed by atoms with Crippen molar-refractivity contribution >= 4 is 16.1 Å². The number of fused-ring (bicyclic) bond motifs is 4. The van der Waals surface area contributed by atoms with Crippen molar-refractivity contribution in [1.82, 2.24) is 4.31 Å². The summed E-state index contributed by atoms with van der Waals surface area (Å²) < 4.78 is 44.0. The smallest absolute Gasteiger partial charge is 0.207 e. The summed E-state index contributed by atoms with van der Waals surface area (Å²) in [5.74, 6) is 0.241. The molecular weight excluding hydrogens is 505 g/mol. The van der Waals surface area contributed by atoms with Crippen LogP contribution >= 0.6 is 0 Å². The van der Waals surface area contributed by atoms with Crippen LogP contribution in [0.25, 0.3) is 6.08 Å². The number of halogens is 1. The van der Waals surface area contributed by atoms with E-state index in [9.17, 15) is 12.8 Å². The van der Waals surface area contributed by atoms with E-state index in [-0.39, 0.29) is 23.2 Å². The van der Waals surface area contributed by atoms with Gasteiger partial charge in [-0.05, 0) is 90.6 Å². The van der Waals surface area contributed by atoms with Crippen molar-refractivity contribution in [2.75, 3.05) is 6.54 Å². The van der Waals surface area contributed by atoms with E-state index in [1.165, 1.54) is 34.4 Å². The van der Waals surface area contributed by atoms with Crippen LogP contribution in [0.5, 0.6) is 0 Å². The Morgan fingerprint density at radius 1 is 0.897 bits per heavy atom. The Balaban J connectivity index is 1.40. The Hall–Kier alpha value is -3.02. The summed E-state index contributed by atoms with van der Waals surface area (Å²) in [7, 11) is -3.63. The van der Waals surface area contributed by atoms with E-state index < -0.39 is 10.0 Å². The van der Waals surface area contributed by atoms with Gasteiger partial charge in [0.15, 0.2) is 0 Å². The minimum atomic E-state index is -3.63. The molecular formula is C34H34FNO2S. The molecule has 0 N–H and O–H groups in total. The average molecular weight is 540 g/mol. The van der Waals surface area contributed by atoms with Crippen LogP contribution in [0.2, 0.25) is 0 Å². The predicted molar refractivity (Wildman–Crippen MR) is 153 cm³/mol. The first-order valence-electron chi connectivity index (χ1n) is 14.2. The molecule has 0 bridgehead atoms. The molecule has 3 aliphatic carbocycles. The lowest BCUT2D eigenvalue weighted by atomic mass is 9.54. The molecule has 4 atom stereocenters. The van der Waals surface area contributed by atoms with Gasteiger partial charge in [0.25, 0.3) is 0 Å². The lowest BCUT2D eigenvalue weighted by Gasteiger charge is -2.48. The zero-order chi connectivity index (χ0) is 26.8. The van der Waals surface area contributed by atoms with Gasteiger partial charge in [0.1, 0.15) is 5.82 Å². The van der Waals surface area contributed by atoms with E-state index in [0.717, 1.165) is 49.7 Å². The molecule has 3 nitrogen and oxygen atoms in total. The number of benzene rings is 3. The third kappa shape index (κ3) is 3.81. The van der Waals surface area contributed by atoms with E-state index in [1.54, 1.807) is 12.1 Å². The van der Waals surface area contributed by atoms with E-state index in [2.05, 4.69) is 36.4 Å². The first-order valence-corrected chi connectivity index (χ1v) is 15.7. The SMILES string of the molecule is Cc1ccc(S(=O)(=O)N2CC3=C(/C(=C/c4ccc(F)cc4)[C@@]4(c5ccccc5)CC[C@@H]34)[C@H]3CCCC[C@@H]32)cc1. The maximum atomic E-state index is 14.2. The third-order valence-electron chi connectivity index (χ3n) is 9.85. The first-order chi connectivity index (χ1) is 18.9. The molecule has 0 radical (unpaired) electrons. The average Bonchev–Trinajstić information content (AvgIpc) is 3.12. The van der Waals surface area contributed by atoms with Crippen LogP contribution in [-0.2, 0) is 15.4 Å². The van der Waals surface area contributed by atoms with Gasteiger partial charge < -0.3 is 0 Å². The lowest BCUT2D eigenvalue weighted by molar-refractivity contribution is 0.179. The standard InChI is InChI=1S/C34H34FNO2S/c1-23-11-17-27(18-12-23)39(37,38)36-22-29-30-19-20-34(30,25-7-3-2-4-8-25)31(21-24-13-15-26(35)16-14-24)33(29)28-9-5-6-10-32(28)36/h2-4,7-8,11-18,21,28,30,32H,5-6,9-10,19-20,22H2,1H3/b31-21-/t28-,30-,32-,34+/m0/s1. The molecule has 5 heteroatoms. The monoisotopic (exact) mass is 539 g/mol. The molecule has 1 aliphatic heterocycles. The second-order valence-corrected chi connectivity index (χ2v) is 13.7. The van der Waals surface area contributed by atoms with E-state index >= 15 is 0 Å². The van der Waals surface area contributed by atoms with E-state index in [4.69, 9.17) is 0 Å². The minimum Gasteiger partial charge on any atom is -0.207 e. The maximum Gasteiger partial charge on any atom is 0.243 e. The number of rotatable bonds is 4. The van der Waals surface area contributed by atoms with Crippen molar-refractivity contribution in [3.8, 4) is 0 Å². The highest BCUT2D eigenvalue weighted by Gasteiger charge is 2.61. The van der Waals surface area contributed by atoms with Gasteiger partial charge in [0, 0.05) is 23.9 Å². The molecule has 0 unspecified atom stereocenters. The predicted octanol–water partition coefficient (Wildman–Crippen LogP) is 7.44. The van der Waals surface area contributed by atoms with Crippen LogP contribution < -0.4 is 0 Å². The molecule has 39 heavy (non-hydrogen) atoms. The van der Waals surface area contributed by atoms with Crippen molar-refractivity contribution in [3.05, 3.63) is 118 Å². The molecule has 200 valence electrons. The molecule has 3 aromatic carbocycles. The van der Waals surface area contributed by atoms with Crippen LogP contribution in [0.1, 0.15) is 55.2 Å². The van der Waals surface area contributed by atoms with Gasteiger partial charge in [-0.25, -0.2) is 12.8 Å². The fourth-order valence-corrected chi connectivity index (χ4v) is 9.63. The number of aryl methyl sites for hydroxylation is 1. The lowest BCUT2D eigenvalue weighted by Crippen LogP contribution is -2.51. The van der Waals surface area contributed by atoms with Crippen molar-refractivity contribution in [1.29, 1.82) is 0 Å². The Bertz CT molecular complexity index is 1570. The fourth-order valence-electron chi connectivity index (χ4n) is 7.96. The Morgan fingerprint density at radius 2 is 1.62 bits per heavy atom. The summed E-state index contributed by atoms with van der Waals surface area (Å²) in [6, 6.07) is 24.8. The van der Waals surface area contributed by atoms with Gasteiger partial charge in [0.2, 0.25) is 10.0 Å². The molecule has 3 aromatic rings. The van der Waals surface area contributed by atoms with Crippen molar-refractivity contribution in [2.45, 2.75) is 61.8 Å². The summed E-state index contributed by atoms with van der Waals surface area (Å²) in [6.45, 7) is 2.45. The number of allylic oxidation sites excluding steroid dienone is 1. The quantitative estimate of drug-likeness (QED) is 0.346. The molecule has 0 amide bonds. The second kappa shape index (κ2) is 9.28. The number of hydrogen-bond acceptors (Lipinski definition) is 2. The topological polar surface area (TPSA) is 37.4 Å². The molecule has 0 saturated heterocycles. The normalized spacial score (nSPS) is 29.5. The van der Waals surface area contributed by atoms with Crippen LogP contribution in [-0.4, -0.2) is 25.3 Å². The summed E-state index contributed by atoms with van der Waals surface area (Å²) in [4.78, 5) is 0.393. The summed E-state index contributed by atoms with van der Waals surface area (Å²) in [6.07, 6.45) is 8.45. The van der Waals surface area contributed by atoms with Crippen LogP contribution in [0.3, 0.4) is 0 Å². The van der Waals surface area contributed by atoms with Crippen molar-refractivity contribution in [2.24, 2.45) is 11.8 Å². The number of nitrogens with zero attached hydrogens (tertiary/aromatic N) is 1. The van der Waals surface area contributed by atoms with E-state index in [0.29, 0.717) is 17.4 Å². The summed E-state index contributed by atoms with van der Waals surface area (Å²) in [5.41, 5.74) is 7.29. The van der Waals surface area contributed by atoms with Gasteiger partial charge in [-0.15, -0.1) is 0 Å². The largest absolute Gasteiger partial charge is 0.243 e. The zero-order valence-electron chi connectivity index (χ0n) is 22.3. The van der Waals surface area contributed by atoms with Gasteiger partial charge >= 0.3 is 0 Å². The van der Waals surface area contributed by atoms with Crippen molar-refractivity contribution < 1.29 is 12.8 Å². The van der Waals surface area contributed by atoms with Crippen molar-refractivity contribution in [3.63, 3.8) is 0 Å². The molecule has 4 aliphatic rings. The van der Waals surface area contributed by atoms with Gasteiger partial charge in [0.05, 0.1) is 4.90 Å². The highest BCUT2D eigenvalue weighted by Crippen LogP contribution is 2.67. The molecule has 2 fully saturated rings. The Labute approximate surface area is 231 Å². The van der Waals surface area contributed by atoms with Gasteiger partial charge in [-0.3, -0.25) is 0 Å². The third-order valence-corrected chi connectivity index (χ3v) is 11.7. The number of sulfonamides is 1. The highest BCUT2D eigenvalue weighted by atomic mass is 32.2. The minimum absolute atomic E-state index is 0.0363. The van der Waals surface area contributed by atoms with Gasteiger partial charge in [-0.2, -0.15) is 4.31 Å². The molecule has 1 heterocycles. The fraction of sp³-hybridized carbons (Fsp3) is 0.353. The zero-order valence-corrected chi connectivity index (χ0v) is 23.1. The Kier molecular flexibility index (Phi) is 5.94.